The van der Waals surface area contributed by atoms with E-state index in [4.69, 9.17) is 0 Å². The van der Waals surface area contributed by atoms with Crippen LogP contribution in [0.4, 0.5) is 5.69 Å². The van der Waals surface area contributed by atoms with Crippen LogP contribution in [0.3, 0.4) is 0 Å². The first-order valence-corrected chi connectivity index (χ1v) is 7.82. The lowest BCUT2D eigenvalue weighted by Gasteiger charge is -2.25. The predicted molar refractivity (Wildman–Crippen MR) is 89.7 cm³/mol. The maximum absolute atomic E-state index is 12.0. The van der Waals surface area contributed by atoms with Crippen molar-refractivity contribution in [3.63, 3.8) is 0 Å². The van der Waals surface area contributed by atoms with Crippen LogP contribution in [0, 0.1) is 6.92 Å². The Balaban J connectivity index is 2.78. The second kappa shape index (κ2) is 8.67. The molecule has 0 aliphatic heterocycles. The molecule has 0 saturated carbocycles. The summed E-state index contributed by atoms with van der Waals surface area (Å²) in [6, 6.07) is 6.63. The Labute approximate surface area is 128 Å². The van der Waals surface area contributed by atoms with Crippen molar-refractivity contribution in [2.24, 2.45) is 0 Å². The molecule has 0 atom stereocenters. The van der Waals surface area contributed by atoms with E-state index in [-0.39, 0.29) is 11.9 Å². The monoisotopic (exact) mass is 291 g/mol. The second-order valence-electron chi connectivity index (χ2n) is 5.64. The standard InChI is InChI=1S/C17H29N3O/c1-6-18-11-15-8-9-16(14(5)10-15)20(7-2)12-17(21)19-13(3)4/h8-10,13,18H,6-7,11-12H2,1-5H3,(H,19,21). The van der Waals surface area contributed by atoms with Gasteiger partial charge in [0.25, 0.3) is 0 Å². The third-order valence-electron chi connectivity index (χ3n) is 3.35. The lowest BCUT2D eigenvalue weighted by molar-refractivity contribution is -0.120. The highest BCUT2D eigenvalue weighted by molar-refractivity contribution is 5.81. The molecule has 0 aromatic heterocycles. The molecule has 1 aromatic rings. The number of hydrogen-bond acceptors (Lipinski definition) is 3. The SMILES string of the molecule is CCNCc1ccc(N(CC)CC(=O)NC(C)C)c(C)c1. The molecule has 1 rings (SSSR count). The van der Waals surface area contributed by atoms with Crippen LogP contribution in [0.15, 0.2) is 18.2 Å². The maximum Gasteiger partial charge on any atom is 0.239 e. The molecule has 118 valence electrons. The molecule has 4 heteroatoms. The van der Waals surface area contributed by atoms with Crippen LogP contribution >= 0.6 is 0 Å². The highest BCUT2D eigenvalue weighted by Gasteiger charge is 2.13. The Morgan fingerprint density at radius 3 is 2.52 bits per heavy atom. The van der Waals surface area contributed by atoms with Gasteiger partial charge in [0.1, 0.15) is 0 Å². The van der Waals surface area contributed by atoms with Crippen LogP contribution < -0.4 is 15.5 Å². The molecule has 0 bridgehead atoms. The van der Waals surface area contributed by atoms with E-state index in [0.717, 1.165) is 25.3 Å². The highest BCUT2D eigenvalue weighted by Crippen LogP contribution is 2.21. The van der Waals surface area contributed by atoms with E-state index in [1.807, 2.05) is 13.8 Å². The molecule has 0 saturated heterocycles. The fourth-order valence-electron chi connectivity index (χ4n) is 2.36. The van der Waals surface area contributed by atoms with Gasteiger partial charge in [0.2, 0.25) is 5.91 Å². The third-order valence-corrected chi connectivity index (χ3v) is 3.35. The number of carbonyl (C=O) groups excluding carboxylic acids is 1. The van der Waals surface area contributed by atoms with Crippen LogP contribution in [-0.2, 0) is 11.3 Å². The number of amides is 1. The lowest BCUT2D eigenvalue weighted by Crippen LogP contribution is -2.40. The fourth-order valence-corrected chi connectivity index (χ4v) is 2.36. The minimum Gasteiger partial charge on any atom is -0.362 e. The highest BCUT2D eigenvalue weighted by atomic mass is 16.2. The Bertz CT molecular complexity index is 457. The smallest absolute Gasteiger partial charge is 0.239 e. The number of rotatable bonds is 8. The van der Waals surface area contributed by atoms with Gasteiger partial charge in [0.05, 0.1) is 6.54 Å². The van der Waals surface area contributed by atoms with Crippen LogP contribution in [-0.4, -0.2) is 31.6 Å². The molecule has 0 unspecified atom stereocenters. The maximum atomic E-state index is 12.0. The van der Waals surface area contributed by atoms with Crippen molar-refractivity contribution in [1.29, 1.82) is 0 Å². The minimum absolute atomic E-state index is 0.0722. The normalized spacial score (nSPS) is 10.8. The number of likely N-dealkylation sites (N-methyl/N-ethyl adjacent to an activating group) is 1. The Morgan fingerprint density at radius 2 is 2.00 bits per heavy atom. The molecule has 0 spiro atoms. The molecule has 4 nitrogen and oxygen atoms in total. The molecule has 0 fully saturated rings. The number of nitrogens with one attached hydrogen (secondary N) is 2. The summed E-state index contributed by atoms with van der Waals surface area (Å²) in [6.07, 6.45) is 0. The summed E-state index contributed by atoms with van der Waals surface area (Å²) >= 11 is 0. The number of anilines is 1. The second-order valence-corrected chi connectivity index (χ2v) is 5.64. The predicted octanol–water partition coefficient (Wildman–Crippen LogP) is 2.46. The lowest BCUT2D eigenvalue weighted by atomic mass is 10.1. The van der Waals surface area contributed by atoms with Crippen LogP contribution in [0.1, 0.15) is 38.8 Å². The van der Waals surface area contributed by atoms with E-state index in [1.54, 1.807) is 0 Å². The summed E-state index contributed by atoms with van der Waals surface area (Å²) in [5.74, 6) is 0.0722. The molecule has 0 aliphatic rings. The average molecular weight is 291 g/mol. The zero-order chi connectivity index (χ0) is 15.8. The number of hydrogen-bond donors (Lipinski definition) is 2. The Kier molecular flexibility index (Phi) is 7.23. The van der Waals surface area contributed by atoms with Crippen molar-refractivity contribution in [1.82, 2.24) is 10.6 Å². The summed E-state index contributed by atoms with van der Waals surface area (Å²) in [7, 11) is 0. The van der Waals surface area contributed by atoms with Gasteiger partial charge in [-0.1, -0.05) is 19.1 Å². The largest absolute Gasteiger partial charge is 0.362 e. The van der Waals surface area contributed by atoms with E-state index in [9.17, 15) is 4.79 Å². The molecule has 1 amide bonds. The molecule has 2 N–H and O–H groups in total. The van der Waals surface area contributed by atoms with E-state index >= 15 is 0 Å². The van der Waals surface area contributed by atoms with Crippen molar-refractivity contribution < 1.29 is 4.79 Å². The van der Waals surface area contributed by atoms with Crippen molar-refractivity contribution in [3.8, 4) is 0 Å². The topological polar surface area (TPSA) is 44.4 Å². The number of aryl methyl sites for hydroxylation is 1. The minimum atomic E-state index is 0.0722. The van der Waals surface area contributed by atoms with Gasteiger partial charge in [-0.2, -0.15) is 0 Å². The molecular weight excluding hydrogens is 262 g/mol. The van der Waals surface area contributed by atoms with Crippen LogP contribution in [0.5, 0.6) is 0 Å². The fraction of sp³-hybridized carbons (Fsp3) is 0.588. The van der Waals surface area contributed by atoms with Gasteiger partial charge in [-0.15, -0.1) is 0 Å². The Hall–Kier alpha value is -1.55. The van der Waals surface area contributed by atoms with Crippen LogP contribution in [0.2, 0.25) is 0 Å². The zero-order valence-corrected chi connectivity index (χ0v) is 14.0. The first-order valence-electron chi connectivity index (χ1n) is 7.82. The first kappa shape index (κ1) is 17.5. The average Bonchev–Trinajstić information content (AvgIpc) is 2.42. The van der Waals surface area contributed by atoms with Gasteiger partial charge in [-0.3, -0.25) is 4.79 Å². The van der Waals surface area contributed by atoms with Gasteiger partial charge in [0.15, 0.2) is 0 Å². The summed E-state index contributed by atoms with van der Waals surface area (Å²) in [5.41, 5.74) is 3.63. The molecule has 0 aliphatic carbocycles. The molecular formula is C17H29N3O. The van der Waals surface area contributed by atoms with E-state index in [0.29, 0.717) is 6.54 Å². The molecule has 1 aromatic carbocycles. The summed E-state index contributed by atoms with van der Waals surface area (Å²) < 4.78 is 0. The van der Waals surface area contributed by atoms with E-state index < -0.39 is 0 Å². The van der Waals surface area contributed by atoms with E-state index in [2.05, 4.69) is 54.5 Å². The quantitative estimate of drug-likeness (QED) is 0.773. The summed E-state index contributed by atoms with van der Waals surface area (Å²) in [5, 5.41) is 6.28. The van der Waals surface area contributed by atoms with E-state index in [1.165, 1.54) is 11.1 Å². The Morgan fingerprint density at radius 1 is 1.29 bits per heavy atom. The molecule has 0 radical (unpaired) electrons. The summed E-state index contributed by atoms with van der Waals surface area (Å²) in [4.78, 5) is 14.1. The number of carbonyl (C=O) groups is 1. The van der Waals surface area contributed by atoms with Crippen LogP contribution in [0.25, 0.3) is 0 Å². The molecule has 21 heavy (non-hydrogen) atoms. The van der Waals surface area contributed by atoms with Gasteiger partial charge in [-0.05, 0) is 51.4 Å². The summed E-state index contributed by atoms with van der Waals surface area (Å²) in [6.45, 7) is 13.3. The number of benzene rings is 1. The zero-order valence-electron chi connectivity index (χ0n) is 14.0. The van der Waals surface area contributed by atoms with Gasteiger partial charge in [0, 0.05) is 24.8 Å². The third kappa shape index (κ3) is 5.76. The van der Waals surface area contributed by atoms with Gasteiger partial charge < -0.3 is 15.5 Å². The first-order chi connectivity index (χ1) is 9.97. The van der Waals surface area contributed by atoms with Crippen molar-refractivity contribution in [3.05, 3.63) is 29.3 Å². The van der Waals surface area contributed by atoms with Gasteiger partial charge >= 0.3 is 0 Å². The van der Waals surface area contributed by atoms with Crippen molar-refractivity contribution in [2.75, 3.05) is 24.5 Å². The number of nitrogens with zero attached hydrogens (tertiary/aromatic N) is 1. The van der Waals surface area contributed by atoms with Crippen molar-refractivity contribution in [2.45, 2.75) is 47.2 Å². The molecule has 0 heterocycles. The van der Waals surface area contributed by atoms with Crippen molar-refractivity contribution >= 4 is 11.6 Å². The van der Waals surface area contributed by atoms with Gasteiger partial charge in [-0.25, -0.2) is 0 Å².